The lowest BCUT2D eigenvalue weighted by atomic mass is 9.99. The van der Waals surface area contributed by atoms with Gasteiger partial charge in [0.25, 0.3) is 24.2 Å². The van der Waals surface area contributed by atoms with E-state index in [0.29, 0.717) is 16.8 Å². The lowest BCUT2D eigenvalue weighted by Gasteiger charge is -2.29. The lowest BCUT2D eigenvalue weighted by Crippen LogP contribution is -2.48. The molecule has 1 aromatic carbocycles. The Labute approximate surface area is 251 Å². The quantitative estimate of drug-likeness (QED) is 0.229. The number of piperidine rings is 1. The van der Waals surface area contributed by atoms with Crippen LogP contribution in [0.3, 0.4) is 0 Å². The molecule has 17 heteroatoms. The van der Waals surface area contributed by atoms with E-state index in [1.165, 1.54) is 25.2 Å². The zero-order chi connectivity index (χ0) is 32.0. The van der Waals surface area contributed by atoms with Crippen molar-refractivity contribution in [2.45, 2.75) is 68.4 Å². The Morgan fingerprint density at radius 2 is 1.82 bits per heavy atom. The number of benzene rings is 1. The Kier molecular flexibility index (Phi) is 8.41. The van der Waals surface area contributed by atoms with Gasteiger partial charge in [-0.2, -0.15) is 18.3 Å². The summed E-state index contributed by atoms with van der Waals surface area (Å²) in [6, 6.07) is 3.74. The first-order chi connectivity index (χ1) is 20.7. The number of aromatic nitrogens is 4. The first kappa shape index (κ1) is 31.4. The summed E-state index contributed by atoms with van der Waals surface area (Å²) < 4.78 is 69.8. The zero-order valence-corrected chi connectivity index (χ0v) is 23.8. The Bertz CT molecular complexity index is 1580. The van der Waals surface area contributed by atoms with Crippen LogP contribution in [0.1, 0.15) is 64.8 Å². The lowest BCUT2D eigenvalue weighted by molar-refractivity contribution is -0.141. The van der Waals surface area contributed by atoms with Crippen molar-refractivity contribution in [3.63, 3.8) is 0 Å². The molecule has 236 valence electrons. The smallest absolute Gasteiger partial charge is 0.435 e. The van der Waals surface area contributed by atoms with Gasteiger partial charge in [0.1, 0.15) is 6.04 Å². The standard InChI is InChI=1S/C26H25ClF5N7O2.CH2O2/c1-38-19(17-11-39(20-9-25(20,28)29)37-21(17)26(30,31)32)10-33-22(38)24(41)35-14-4-5-16(18(27)8-14)23(40)36-15-6-12-2-3-13(7-15)34-12;2-1-3/h4-5,8,10-13,15,20,34H,2-3,6-7,9H2,1H3,(H,35,41)(H,36,40);1H,(H,2,3)/t12-,13-,20?;/m0./s1. The van der Waals surface area contributed by atoms with Crippen LogP contribution in [0.15, 0.2) is 30.6 Å². The predicted octanol–water partition coefficient (Wildman–Crippen LogP) is 4.50. The fourth-order valence-corrected chi connectivity index (χ4v) is 5.97. The fraction of sp³-hybridized carbons (Fsp3) is 0.444. The summed E-state index contributed by atoms with van der Waals surface area (Å²) in [6.45, 7) is -0.250. The largest absolute Gasteiger partial charge is 0.483 e. The number of anilines is 1. The number of nitrogens with one attached hydrogen (secondary N) is 3. The van der Waals surface area contributed by atoms with E-state index in [1.807, 2.05) is 0 Å². The highest BCUT2D eigenvalue weighted by Gasteiger charge is 2.59. The van der Waals surface area contributed by atoms with Crippen molar-refractivity contribution < 1.29 is 41.4 Å². The van der Waals surface area contributed by atoms with Crippen LogP contribution in [0, 0.1) is 0 Å². The molecule has 0 spiro atoms. The monoisotopic (exact) mass is 643 g/mol. The van der Waals surface area contributed by atoms with Gasteiger partial charge in [-0.3, -0.25) is 19.1 Å². The maximum Gasteiger partial charge on any atom is 0.435 e. The molecule has 1 aliphatic carbocycles. The molecule has 4 heterocycles. The molecule has 3 aromatic rings. The number of carboxylic acid groups (broad SMARTS) is 1. The number of alkyl halides is 5. The number of amides is 2. The molecular weight excluding hydrogens is 617 g/mol. The van der Waals surface area contributed by atoms with Crippen LogP contribution < -0.4 is 16.0 Å². The molecular formula is C27H27ClF5N7O4. The normalized spacial score (nSPS) is 23.3. The third-order valence-corrected chi connectivity index (χ3v) is 8.17. The molecule has 11 nitrogen and oxygen atoms in total. The maximum atomic E-state index is 13.7. The van der Waals surface area contributed by atoms with E-state index in [4.69, 9.17) is 21.5 Å². The Morgan fingerprint density at radius 1 is 1.18 bits per heavy atom. The molecule has 6 rings (SSSR count). The van der Waals surface area contributed by atoms with Gasteiger partial charge in [0.05, 0.1) is 28.0 Å². The second-order valence-corrected chi connectivity index (χ2v) is 11.3. The zero-order valence-electron chi connectivity index (χ0n) is 23.0. The van der Waals surface area contributed by atoms with Crippen LogP contribution in [-0.2, 0) is 18.0 Å². The third kappa shape index (κ3) is 6.40. The van der Waals surface area contributed by atoms with Crippen molar-refractivity contribution in [2.24, 2.45) is 7.05 Å². The van der Waals surface area contributed by atoms with Crippen LogP contribution in [0.25, 0.3) is 11.3 Å². The molecule has 2 bridgehead atoms. The van der Waals surface area contributed by atoms with Crippen molar-refractivity contribution in [2.75, 3.05) is 5.32 Å². The summed E-state index contributed by atoms with van der Waals surface area (Å²) in [6.07, 6.45) is 0.291. The molecule has 1 saturated carbocycles. The van der Waals surface area contributed by atoms with Crippen molar-refractivity contribution in [1.29, 1.82) is 0 Å². The molecule has 1 unspecified atom stereocenters. The topological polar surface area (TPSA) is 143 Å². The van der Waals surface area contributed by atoms with E-state index in [0.717, 1.165) is 42.6 Å². The highest BCUT2D eigenvalue weighted by molar-refractivity contribution is 6.34. The number of carbonyl (C=O) groups is 3. The van der Waals surface area contributed by atoms with Crippen molar-refractivity contribution in [3.05, 3.63) is 52.7 Å². The summed E-state index contributed by atoms with van der Waals surface area (Å²) in [4.78, 5) is 38.1. The number of rotatable bonds is 6. The number of hydrogen-bond donors (Lipinski definition) is 4. The highest BCUT2D eigenvalue weighted by Crippen LogP contribution is 2.53. The van der Waals surface area contributed by atoms with Crippen molar-refractivity contribution >= 4 is 35.6 Å². The molecule has 3 atom stereocenters. The maximum absolute atomic E-state index is 13.7. The Morgan fingerprint density at radius 3 is 2.39 bits per heavy atom. The molecule has 2 aromatic heterocycles. The van der Waals surface area contributed by atoms with E-state index in [9.17, 15) is 31.5 Å². The summed E-state index contributed by atoms with van der Waals surface area (Å²) in [5.41, 5.74) is -1.48. The number of nitrogens with zero attached hydrogens (tertiary/aromatic N) is 4. The minimum atomic E-state index is -4.92. The van der Waals surface area contributed by atoms with Gasteiger partial charge in [-0.15, -0.1) is 0 Å². The van der Waals surface area contributed by atoms with E-state index < -0.39 is 41.7 Å². The molecule has 2 amide bonds. The summed E-state index contributed by atoms with van der Waals surface area (Å²) >= 11 is 6.36. The van der Waals surface area contributed by atoms with Crippen LogP contribution in [-0.4, -0.2) is 66.8 Å². The van der Waals surface area contributed by atoms with Crippen LogP contribution in [0.4, 0.5) is 27.6 Å². The summed E-state index contributed by atoms with van der Waals surface area (Å²) in [5.74, 6) is -4.45. The average Bonchev–Trinajstić information content (AvgIpc) is 3.28. The molecule has 4 N–H and O–H groups in total. The van der Waals surface area contributed by atoms with E-state index in [-0.39, 0.29) is 46.2 Å². The third-order valence-electron chi connectivity index (χ3n) is 7.86. The van der Waals surface area contributed by atoms with Crippen LogP contribution >= 0.6 is 11.6 Å². The predicted molar refractivity (Wildman–Crippen MR) is 147 cm³/mol. The SMILES string of the molecule is Cn1c(-c2cn(C3CC3(F)F)nc2C(F)(F)F)cnc1C(=O)Nc1ccc(C(=O)NC2C[C@@H]3CC[C@@H](C2)N3)c(Cl)c1.O=CO. The van der Waals surface area contributed by atoms with Crippen molar-refractivity contribution in [1.82, 2.24) is 30.0 Å². The molecule has 44 heavy (non-hydrogen) atoms. The molecule has 0 radical (unpaired) electrons. The van der Waals surface area contributed by atoms with Crippen molar-refractivity contribution in [3.8, 4) is 11.3 Å². The van der Waals surface area contributed by atoms with E-state index in [1.54, 1.807) is 0 Å². The number of halogens is 6. The van der Waals surface area contributed by atoms with Gasteiger partial charge in [-0.05, 0) is 43.9 Å². The van der Waals surface area contributed by atoms with Crippen LogP contribution in [0.5, 0.6) is 0 Å². The average molecular weight is 644 g/mol. The van der Waals surface area contributed by atoms with E-state index >= 15 is 0 Å². The van der Waals surface area contributed by atoms with Gasteiger partial charge < -0.3 is 25.6 Å². The fourth-order valence-electron chi connectivity index (χ4n) is 5.71. The summed E-state index contributed by atoms with van der Waals surface area (Å²) in [5, 5.41) is 19.5. The number of imidazole rings is 1. The highest BCUT2D eigenvalue weighted by atomic mass is 35.5. The van der Waals surface area contributed by atoms with Gasteiger partial charge in [-0.25, -0.2) is 13.8 Å². The second-order valence-electron chi connectivity index (χ2n) is 10.9. The van der Waals surface area contributed by atoms with E-state index in [2.05, 4.69) is 26.0 Å². The van der Waals surface area contributed by atoms with Gasteiger partial charge in [0.2, 0.25) is 0 Å². The van der Waals surface area contributed by atoms with Crippen LogP contribution in [0.2, 0.25) is 5.02 Å². The minimum Gasteiger partial charge on any atom is -0.483 e. The molecule has 2 aliphatic heterocycles. The Balaban J connectivity index is 0.00000123. The minimum absolute atomic E-state index is 0.0417. The number of fused-ring (bicyclic) bond motifs is 2. The van der Waals surface area contributed by atoms with Gasteiger partial charge in [-0.1, -0.05) is 11.6 Å². The summed E-state index contributed by atoms with van der Waals surface area (Å²) in [7, 11) is 1.33. The molecule has 3 fully saturated rings. The second kappa shape index (κ2) is 11.8. The van der Waals surface area contributed by atoms with Gasteiger partial charge in [0, 0.05) is 43.5 Å². The molecule has 2 saturated heterocycles. The first-order valence-corrected chi connectivity index (χ1v) is 13.9. The van der Waals surface area contributed by atoms with Gasteiger partial charge >= 0.3 is 6.18 Å². The molecule has 3 aliphatic rings. The number of carbonyl (C=O) groups excluding carboxylic acids is 2. The Hall–Kier alpha value is -4.05. The number of hydrogen-bond acceptors (Lipinski definition) is 6. The van der Waals surface area contributed by atoms with Gasteiger partial charge in [0.15, 0.2) is 11.5 Å². The first-order valence-electron chi connectivity index (χ1n) is 13.5.